The highest BCUT2D eigenvalue weighted by molar-refractivity contribution is 7.92. The fourth-order valence-corrected chi connectivity index (χ4v) is 2.88. The first-order valence-electron chi connectivity index (χ1n) is 5.57. The minimum absolute atomic E-state index is 0.0877. The van der Waals surface area contributed by atoms with Gasteiger partial charge in [-0.3, -0.25) is 4.72 Å². The van der Waals surface area contributed by atoms with Crippen molar-refractivity contribution in [2.75, 3.05) is 4.72 Å². The predicted octanol–water partition coefficient (Wildman–Crippen LogP) is 2.26. The zero-order valence-corrected chi connectivity index (χ0v) is 11.8. The molecule has 3 N–H and O–H groups in total. The van der Waals surface area contributed by atoms with Crippen molar-refractivity contribution < 1.29 is 12.8 Å². The summed E-state index contributed by atoms with van der Waals surface area (Å²) in [5.41, 5.74) is 5.75. The highest BCUT2D eigenvalue weighted by atomic mass is 32.2. The average Bonchev–Trinajstić information content (AvgIpc) is 2.41. The molecule has 7 heteroatoms. The lowest BCUT2D eigenvalue weighted by Crippen LogP contribution is -2.18. The molecule has 0 atom stereocenters. The highest BCUT2D eigenvalue weighted by Crippen LogP contribution is 2.21. The molecule has 0 radical (unpaired) electrons. The third kappa shape index (κ3) is 3.12. The number of benzene rings is 2. The molecule has 0 aliphatic carbocycles. The summed E-state index contributed by atoms with van der Waals surface area (Å²) >= 11 is 4.79. The molecule has 0 unspecified atom stereocenters. The van der Waals surface area contributed by atoms with Gasteiger partial charge in [-0.05, 0) is 30.3 Å². The summed E-state index contributed by atoms with van der Waals surface area (Å²) < 4.78 is 39.9. The number of nitrogens with one attached hydrogen (secondary N) is 1. The Morgan fingerprint density at radius 2 is 1.80 bits per heavy atom. The molecule has 0 spiro atoms. The number of sulfonamides is 1. The largest absolute Gasteiger partial charge is 0.389 e. The van der Waals surface area contributed by atoms with Gasteiger partial charge in [-0.2, -0.15) is 0 Å². The predicted molar refractivity (Wildman–Crippen MR) is 79.5 cm³/mol. The van der Waals surface area contributed by atoms with Crippen LogP contribution in [0.5, 0.6) is 0 Å². The second-order valence-electron chi connectivity index (χ2n) is 3.97. The van der Waals surface area contributed by atoms with Crippen molar-refractivity contribution in [1.82, 2.24) is 0 Å². The fourth-order valence-electron chi connectivity index (χ4n) is 1.61. The minimum Gasteiger partial charge on any atom is -0.389 e. The van der Waals surface area contributed by atoms with Crippen LogP contribution in [0.25, 0.3) is 0 Å². The summed E-state index contributed by atoms with van der Waals surface area (Å²) in [4.78, 5) is 0.00785. The standard InChI is InChI=1S/C13H11FN2O2S2/c14-9-6-7-12(11(8-9)13(15)19)16-20(17,18)10-4-2-1-3-5-10/h1-8,16H,(H2,15,19). The maximum atomic E-state index is 13.2. The maximum absolute atomic E-state index is 13.2. The van der Waals surface area contributed by atoms with E-state index in [2.05, 4.69) is 4.72 Å². The van der Waals surface area contributed by atoms with Gasteiger partial charge >= 0.3 is 0 Å². The van der Waals surface area contributed by atoms with Crippen LogP contribution >= 0.6 is 12.2 Å². The summed E-state index contributed by atoms with van der Waals surface area (Å²) in [6.45, 7) is 0. The second-order valence-corrected chi connectivity index (χ2v) is 6.09. The molecule has 104 valence electrons. The van der Waals surface area contributed by atoms with E-state index < -0.39 is 15.8 Å². The zero-order chi connectivity index (χ0) is 14.8. The van der Waals surface area contributed by atoms with Crippen molar-refractivity contribution in [2.24, 2.45) is 5.73 Å². The Morgan fingerprint density at radius 3 is 2.40 bits per heavy atom. The van der Waals surface area contributed by atoms with E-state index in [4.69, 9.17) is 18.0 Å². The number of halogens is 1. The Bertz CT molecular complexity index is 746. The van der Waals surface area contributed by atoms with Gasteiger partial charge in [0.2, 0.25) is 0 Å². The van der Waals surface area contributed by atoms with Crippen LogP contribution in [0.2, 0.25) is 0 Å². The first kappa shape index (κ1) is 14.4. The van der Waals surface area contributed by atoms with Gasteiger partial charge in [0.1, 0.15) is 10.8 Å². The van der Waals surface area contributed by atoms with Crippen molar-refractivity contribution in [3.05, 3.63) is 59.9 Å². The molecular weight excluding hydrogens is 299 g/mol. The van der Waals surface area contributed by atoms with Crippen LogP contribution in [0.1, 0.15) is 5.56 Å². The Balaban J connectivity index is 2.43. The van der Waals surface area contributed by atoms with Gasteiger partial charge in [-0.25, -0.2) is 12.8 Å². The minimum atomic E-state index is -3.77. The molecule has 0 aliphatic heterocycles. The van der Waals surface area contributed by atoms with E-state index in [-0.39, 0.29) is 21.1 Å². The topological polar surface area (TPSA) is 72.2 Å². The molecule has 0 fully saturated rings. The number of anilines is 1. The van der Waals surface area contributed by atoms with Crippen LogP contribution in [0.4, 0.5) is 10.1 Å². The number of hydrogen-bond acceptors (Lipinski definition) is 3. The molecule has 0 aromatic heterocycles. The second kappa shape index (κ2) is 5.56. The average molecular weight is 310 g/mol. The Morgan fingerprint density at radius 1 is 1.15 bits per heavy atom. The van der Waals surface area contributed by atoms with Crippen molar-refractivity contribution in [2.45, 2.75) is 4.90 Å². The van der Waals surface area contributed by atoms with Gasteiger partial charge < -0.3 is 5.73 Å². The lowest BCUT2D eigenvalue weighted by molar-refractivity contribution is 0.601. The molecule has 2 aromatic carbocycles. The monoisotopic (exact) mass is 310 g/mol. The molecule has 2 rings (SSSR count). The number of hydrogen-bond donors (Lipinski definition) is 2. The quantitative estimate of drug-likeness (QED) is 0.850. The van der Waals surface area contributed by atoms with Crippen LogP contribution in [-0.4, -0.2) is 13.4 Å². The van der Waals surface area contributed by atoms with E-state index in [1.165, 1.54) is 18.2 Å². The van der Waals surface area contributed by atoms with Crippen LogP contribution in [0.15, 0.2) is 53.4 Å². The van der Waals surface area contributed by atoms with Crippen molar-refractivity contribution >= 4 is 32.9 Å². The zero-order valence-electron chi connectivity index (χ0n) is 10.2. The summed E-state index contributed by atoms with van der Waals surface area (Å²) in [7, 11) is -3.77. The number of rotatable bonds is 4. The Hall–Kier alpha value is -1.99. The van der Waals surface area contributed by atoms with Crippen LogP contribution in [-0.2, 0) is 10.0 Å². The molecule has 0 saturated heterocycles. The normalized spacial score (nSPS) is 11.1. The van der Waals surface area contributed by atoms with E-state index >= 15 is 0 Å². The molecule has 0 aliphatic rings. The Kier molecular flexibility index (Phi) is 4.01. The van der Waals surface area contributed by atoms with Gasteiger partial charge in [0.15, 0.2) is 0 Å². The lowest BCUT2D eigenvalue weighted by atomic mass is 10.2. The first-order valence-corrected chi connectivity index (χ1v) is 7.46. The number of nitrogens with two attached hydrogens (primary N) is 1. The molecule has 0 bridgehead atoms. The fraction of sp³-hybridized carbons (Fsp3) is 0. The van der Waals surface area contributed by atoms with E-state index in [1.807, 2.05) is 0 Å². The van der Waals surface area contributed by atoms with Crippen LogP contribution in [0.3, 0.4) is 0 Å². The SMILES string of the molecule is NC(=S)c1cc(F)ccc1NS(=O)(=O)c1ccccc1. The molecule has 0 saturated carbocycles. The van der Waals surface area contributed by atoms with Crippen LogP contribution in [0, 0.1) is 5.82 Å². The van der Waals surface area contributed by atoms with Gasteiger partial charge in [0, 0.05) is 5.56 Å². The van der Waals surface area contributed by atoms with Gasteiger partial charge in [-0.15, -0.1) is 0 Å². The molecular formula is C13H11FN2O2S2. The smallest absolute Gasteiger partial charge is 0.261 e. The van der Waals surface area contributed by atoms with Gasteiger partial charge in [0.25, 0.3) is 10.0 Å². The van der Waals surface area contributed by atoms with Crippen molar-refractivity contribution in [1.29, 1.82) is 0 Å². The lowest BCUT2D eigenvalue weighted by Gasteiger charge is -2.12. The third-order valence-corrected chi connectivity index (χ3v) is 4.15. The maximum Gasteiger partial charge on any atom is 0.261 e. The first-order chi connectivity index (χ1) is 9.40. The third-order valence-electron chi connectivity index (χ3n) is 2.54. The summed E-state index contributed by atoms with van der Waals surface area (Å²) in [6, 6.07) is 11.3. The molecule has 20 heavy (non-hydrogen) atoms. The van der Waals surface area contributed by atoms with Crippen LogP contribution < -0.4 is 10.5 Å². The molecule has 4 nitrogen and oxygen atoms in total. The summed E-state index contributed by atoms with van der Waals surface area (Å²) in [5.74, 6) is -0.546. The number of thiocarbonyl (C=S) groups is 1. The Labute approximate surface area is 121 Å². The molecule has 2 aromatic rings. The highest BCUT2D eigenvalue weighted by Gasteiger charge is 2.16. The van der Waals surface area contributed by atoms with Gasteiger partial charge in [0.05, 0.1) is 10.6 Å². The van der Waals surface area contributed by atoms with E-state index in [0.29, 0.717) is 0 Å². The van der Waals surface area contributed by atoms with E-state index in [9.17, 15) is 12.8 Å². The van der Waals surface area contributed by atoms with Gasteiger partial charge in [-0.1, -0.05) is 30.4 Å². The van der Waals surface area contributed by atoms with E-state index in [0.717, 1.165) is 12.1 Å². The summed E-state index contributed by atoms with van der Waals surface area (Å²) in [5, 5.41) is 0. The van der Waals surface area contributed by atoms with Crippen molar-refractivity contribution in [3.8, 4) is 0 Å². The molecule has 0 heterocycles. The summed E-state index contributed by atoms with van der Waals surface area (Å²) in [6.07, 6.45) is 0. The van der Waals surface area contributed by atoms with E-state index in [1.54, 1.807) is 18.2 Å². The van der Waals surface area contributed by atoms with Crippen molar-refractivity contribution in [3.63, 3.8) is 0 Å². The molecule has 0 amide bonds.